The number of pyridine rings is 1. The third-order valence-corrected chi connectivity index (χ3v) is 3.80. The summed E-state index contributed by atoms with van der Waals surface area (Å²) in [5, 5.41) is 8.93. The number of hydrogen-bond donors (Lipinski definition) is 1. The number of piperidine rings is 1. The first-order valence-electron chi connectivity index (χ1n) is 7.46. The largest absolute Gasteiger partial charge is 0.403 e. The molecule has 0 aliphatic carbocycles. The second-order valence-electron chi connectivity index (χ2n) is 5.24. The fourth-order valence-corrected chi connectivity index (χ4v) is 2.51. The van der Waals surface area contributed by atoms with Crippen LogP contribution in [0.25, 0.3) is 0 Å². The monoisotopic (exact) mass is 282 g/mol. The molecule has 2 heterocycles. The summed E-state index contributed by atoms with van der Waals surface area (Å²) in [7, 11) is 0. The molecule has 1 aromatic heterocycles. The van der Waals surface area contributed by atoms with Gasteiger partial charge in [0, 0.05) is 37.1 Å². The lowest BCUT2D eigenvalue weighted by atomic mass is 9.98. The van der Waals surface area contributed by atoms with Gasteiger partial charge in [0.1, 0.15) is 0 Å². The highest BCUT2D eigenvalue weighted by Gasteiger charge is 2.18. The van der Waals surface area contributed by atoms with Crippen molar-refractivity contribution < 1.29 is 0 Å². The van der Waals surface area contributed by atoms with Crippen LogP contribution < -0.4 is 5.73 Å². The number of nitriles is 1. The summed E-state index contributed by atoms with van der Waals surface area (Å²) in [4.78, 5) is 6.56. The zero-order valence-electron chi connectivity index (χ0n) is 12.3. The Morgan fingerprint density at radius 2 is 2.24 bits per heavy atom. The lowest BCUT2D eigenvalue weighted by Crippen LogP contribution is -2.32. The van der Waals surface area contributed by atoms with E-state index in [1.807, 2.05) is 24.4 Å². The lowest BCUT2D eigenvalue weighted by Gasteiger charge is -2.31. The number of nitrogens with two attached hydrogens (primary N) is 1. The zero-order chi connectivity index (χ0) is 14.9. The van der Waals surface area contributed by atoms with Gasteiger partial charge in [0.25, 0.3) is 0 Å². The molecule has 1 aliphatic heterocycles. The average Bonchev–Trinajstić information content (AvgIpc) is 2.56. The Labute approximate surface area is 126 Å². The summed E-state index contributed by atoms with van der Waals surface area (Å²) in [5.41, 5.74) is 7.89. The predicted molar refractivity (Wildman–Crippen MR) is 83.9 cm³/mol. The Morgan fingerprint density at radius 1 is 1.43 bits per heavy atom. The Morgan fingerprint density at radius 3 is 2.86 bits per heavy atom. The topological polar surface area (TPSA) is 65.9 Å². The van der Waals surface area contributed by atoms with E-state index in [1.54, 1.807) is 6.20 Å². The number of nitrogens with zero attached hydrogens (tertiary/aromatic N) is 3. The maximum Gasteiger partial charge on any atom is 0.0657 e. The van der Waals surface area contributed by atoms with Crippen LogP contribution in [0.3, 0.4) is 0 Å². The standard InChI is InChI=1S/C17H22N4/c18-13-15-8-11-21(12-9-15)17(14-19)7-2-1-5-16-6-3-4-10-20-16/h2-4,6-7,10,14-15H,1,5,8-9,11-12,19H2/b7-2-,17-14+. The molecule has 0 amide bonds. The molecule has 4 nitrogen and oxygen atoms in total. The van der Waals surface area contributed by atoms with Crippen LogP contribution in [-0.4, -0.2) is 23.0 Å². The van der Waals surface area contributed by atoms with Gasteiger partial charge >= 0.3 is 0 Å². The summed E-state index contributed by atoms with van der Waals surface area (Å²) in [6.07, 6.45) is 11.4. The highest BCUT2D eigenvalue weighted by atomic mass is 15.1. The minimum atomic E-state index is 0.202. The van der Waals surface area contributed by atoms with Gasteiger partial charge in [-0.15, -0.1) is 0 Å². The quantitative estimate of drug-likeness (QED) is 0.843. The van der Waals surface area contributed by atoms with Crippen molar-refractivity contribution in [2.75, 3.05) is 13.1 Å². The molecule has 0 saturated carbocycles. The molecule has 21 heavy (non-hydrogen) atoms. The Balaban J connectivity index is 1.80. The van der Waals surface area contributed by atoms with E-state index in [4.69, 9.17) is 11.0 Å². The average molecular weight is 282 g/mol. The molecular weight excluding hydrogens is 260 g/mol. The summed E-state index contributed by atoms with van der Waals surface area (Å²) in [5.74, 6) is 0.202. The number of allylic oxidation sites excluding steroid dienone is 2. The van der Waals surface area contributed by atoms with Crippen LogP contribution in [0.1, 0.15) is 25.0 Å². The Kier molecular flexibility index (Phi) is 5.83. The van der Waals surface area contributed by atoms with Crippen LogP contribution in [-0.2, 0) is 6.42 Å². The van der Waals surface area contributed by atoms with Crippen LogP contribution in [0.4, 0.5) is 0 Å². The van der Waals surface area contributed by atoms with E-state index >= 15 is 0 Å². The molecule has 110 valence electrons. The summed E-state index contributed by atoms with van der Waals surface area (Å²) in [6.45, 7) is 1.82. The van der Waals surface area contributed by atoms with Crippen molar-refractivity contribution in [3.63, 3.8) is 0 Å². The first-order valence-corrected chi connectivity index (χ1v) is 7.46. The maximum atomic E-state index is 8.93. The predicted octanol–water partition coefficient (Wildman–Crippen LogP) is 2.61. The van der Waals surface area contributed by atoms with Crippen LogP contribution in [0.5, 0.6) is 0 Å². The van der Waals surface area contributed by atoms with Gasteiger partial charge in [-0.3, -0.25) is 4.98 Å². The molecular formula is C17H22N4. The summed E-state index contributed by atoms with van der Waals surface area (Å²) >= 11 is 0. The number of hydrogen-bond acceptors (Lipinski definition) is 4. The summed E-state index contributed by atoms with van der Waals surface area (Å²) in [6, 6.07) is 8.33. The number of likely N-dealkylation sites (tertiary alicyclic amines) is 1. The highest BCUT2D eigenvalue weighted by Crippen LogP contribution is 2.20. The Hall–Kier alpha value is -2.28. The molecule has 0 unspecified atom stereocenters. The van der Waals surface area contributed by atoms with Gasteiger partial charge in [-0.05, 0) is 43.9 Å². The van der Waals surface area contributed by atoms with Gasteiger partial charge < -0.3 is 10.6 Å². The normalized spacial score (nSPS) is 17.1. The fourth-order valence-electron chi connectivity index (χ4n) is 2.51. The molecule has 1 aliphatic rings. The Bertz CT molecular complexity index is 519. The van der Waals surface area contributed by atoms with Crippen molar-refractivity contribution in [2.24, 2.45) is 11.7 Å². The molecule has 0 bridgehead atoms. The maximum absolute atomic E-state index is 8.93. The molecule has 1 saturated heterocycles. The van der Waals surface area contributed by atoms with Crippen molar-refractivity contribution in [1.82, 2.24) is 9.88 Å². The van der Waals surface area contributed by atoms with Gasteiger partial charge in [0.05, 0.1) is 11.8 Å². The van der Waals surface area contributed by atoms with Crippen molar-refractivity contribution in [3.8, 4) is 6.07 Å². The zero-order valence-corrected chi connectivity index (χ0v) is 12.3. The molecule has 1 fully saturated rings. The van der Waals surface area contributed by atoms with E-state index < -0.39 is 0 Å². The molecule has 0 aromatic carbocycles. The second kappa shape index (κ2) is 8.11. The minimum absolute atomic E-state index is 0.202. The molecule has 0 spiro atoms. The summed E-state index contributed by atoms with van der Waals surface area (Å²) < 4.78 is 0. The van der Waals surface area contributed by atoms with E-state index in [2.05, 4.69) is 28.1 Å². The van der Waals surface area contributed by atoms with Gasteiger partial charge in [-0.2, -0.15) is 5.26 Å². The molecule has 0 atom stereocenters. The number of aromatic nitrogens is 1. The second-order valence-corrected chi connectivity index (χ2v) is 5.24. The third-order valence-electron chi connectivity index (χ3n) is 3.80. The van der Waals surface area contributed by atoms with E-state index in [0.29, 0.717) is 0 Å². The van der Waals surface area contributed by atoms with Crippen molar-refractivity contribution in [3.05, 3.63) is 54.1 Å². The SMILES string of the molecule is N#CC1CCN(C(/C=C\CCc2ccccn2)=C/N)CC1. The number of aryl methyl sites for hydroxylation is 1. The van der Waals surface area contributed by atoms with Gasteiger partial charge in [-0.1, -0.05) is 12.1 Å². The van der Waals surface area contributed by atoms with Crippen LogP contribution in [0, 0.1) is 17.2 Å². The van der Waals surface area contributed by atoms with E-state index in [-0.39, 0.29) is 5.92 Å². The van der Waals surface area contributed by atoms with E-state index in [9.17, 15) is 0 Å². The third kappa shape index (κ3) is 4.64. The van der Waals surface area contributed by atoms with Crippen molar-refractivity contribution in [1.29, 1.82) is 5.26 Å². The van der Waals surface area contributed by atoms with Crippen molar-refractivity contribution in [2.45, 2.75) is 25.7 Å². The van der Waals surface area contributed by atoms with Crippen LogP contribution in [0.15, 0.2) is 48.4 Å². The van der Waals surface area contributed by atoms with E-state index in [0.717, 1.165) is 50.2 Å². The van der Waals surface area contributed by atoms with E-state index in [1.165, 1.54) is 0 Å². The molecule has 1 aromatic rings. The first-order chi connectivity index (χ1) is 10.3. The van der Waals surface area contributed by atoms with Gasteiger partial charge in [0.15, 0.2) is 0 Å². The highest BCUT2D eigenvalue weighted by molar-refractivity contribution is 5.18. The van der Waals surface area contributed by atoms with Crippen LogP contribution in [0.2, 0.25) is 0 Å². The van der Waals surface area contributed by atoms with Crippen LogP contribution >= 0.6 is 0 Å². The lowest BCUT2D eigenvalue weighted by molar-refractivity contribution is 0.261. The van der Waals surface area contributed by atoms with Gasteiger partial charge in [-0.25, -0.2) is 0 Å². The fraction of sp³-hybridized carbons (Fsp3) is 0.412. The smallest absolute Gasteiger partial charge is 0.0657 e. The molecule has 2 rings (SSSR count). The molecule has 2 N–H and O–H groups in total. The molecule has 0 radical (unpaired) electrons. The number of rotatable bonds is 5. The first kappa shape index (κ1) is 15.1. The minimum Gasteiger partial charge on any atom is -0.403 e. The molecule has 4 heteroatoms. The van der Waals surface area contributed by atoms with Crippen molar-refractivity contribution >= 4 is 0 Å². The van der Waals surface area contributed by atoms with Gasteiger partial charge in [0.2, 0.25) is 0 Å².